The number of hydrogen-bond acceptors (Lipinski definition) is 6. The average Bonchev–Trinajstić information content (AvgIpc) is 3.10. The summed E-state index contributed by atoms with van der Waals surface area (Å²) in [4.78, 5) is 11.0. The molecule has 3 heterocycles. The van der Waals surface area contributed by atoms with E-state index in [-0.39, 0.29) is 5.28 Å². The van der Waals surface area contributed by atoms with E-state index in [0.29, 0.717) is 19.2 Å². The number of benzene rings is 1. The Morgan fingerprint density at radius 1 is 1.12 bits per heavy atom. The van der Waals surface area contributed by atoms with Crippen LogP contribution in [0.25, 0.3) is 22.2 Å². The van der Waals surface area contributed by atoms with Gasteiger partial charge in [0.15, 0.2) is 0 Å². The van der Waals surface area contributed by atoms with Gasteiger partial charge < -0.3 is 18.8 Å². The van der Waals surface area contributed by atoms with Crippen molar-refractivity contribution in [2.24, 2.45) is 0 Å². The first-order chi connectivity index (χ1) is 11.7. The fourth-order valence-corrected chi connectivity index (χ4v) is 3.01. The van der Waals surface area contributed by atoms with E-state index < -0.39 is 0 Å². The quantitative estimate of drug-likeness (QED) is 0.678. The molecule has 0 N–H and O–H groups in total. The standard InChI is InChI=1S/C17H16ClN3O3/c1-22-15-5-4-14(24-15)11-2-3-12-13(10-11)19-17(18)20-16(12)21-6-8-23-9-7-21/h2-5,10H,6-9H2,1H3. The van der Waals surface area contributed by atoms with Crippen molar-refractivity contribution in [1.29, 1.82) is 0 Å². The lowest BCUT2D eigenvalue weighted by Gasteiger charge is -2.28. The molecule has 0 unspecified atom stereocenters. The van der Waals surface area contributed by atoms with Gasteiger partial charge in [-0.05, 0) is 29.8 Å². The smallest absolute Gasteiger partial charge is 0.284 e. The summed E-state index contributed by atoms with van der Waals surface area (Å²) in [5.74, 6) is 2.04. The van der Waals surface area contributed by atoms with Gasteiger partial charge in [-0.15, -0.1) is 0 Å². The molecule has 0 saturated carbocycles. The minimum atomic E-state index is 0.234. The van der Waals surface area contributed by atoms with Crippen LogP contribution in [0.4, 0.5) is 5.82 Å². The first-order valence-corrected chi connectivity index (χ1v) is 8.06. The lowest BCUT2D eigenvalue weighted by atomic mass is 10.1. The number of hydrogen-bond donors (Lipinski definition) is 0. The fraction of sp³-hybridized carbons (Fsp3) is 0.294. The average molecular weight is 346 g/mol. The molecule has 0 spiro atoms. The van der Waals surface area contributed by atoms with Crippen LogP contribution in [0.5, 0.6) is 5.95 Å². The molecule has 24 heavy (non-hydrogen) atoms. The highest BCUT2D eigenvalue weighted by molar-refractivity contribution is 6.28. The zero-order valence-electron chi connectivity index (χ0n) is 13.2. The van der Waals surface area contributed by atoms with Crippen LogP contribution < -0.4 is 9.64 Å². The highest BCUT2D eigenvalue weighted by atomic mass is 35.5. The number of fused-ring (bicyclic) bond motifs is 1. The van der Waals surface area contributed by atoms with Crippen LogP contribution in [-0.2, 0) is 4.74 Å². The molecule has 0 amide bonds. The predicted molar refractivity (Wildman–Crippen MR) is 91.8 cm³/mol. The number of anilines is 1. The molecule has 2 aromatic heterocycles. The summed E-state index contributed by atoms with van der Waals surface area (Å²) in [6.45, 7) is 2.96. The van der Waals surface area contributed by atoms with Crippen molar-refractivity contribution in [3.63, 3.8) is 0 Å². The second-order valence-corrected chi connectivity index (χ2v) is 5.81. The van der Waals surface area contributed by atoms with Gasteiger partial charge in [0, 0.05) is 30.1 Å². The SMILES string of the molecule is COc1ccc(-c2ccc3c(N4CCOCC4)nc(Cl)nc3c2)o1. The lowest BCUT2D eigenvalue weighted by Crippen LogP contribution is -2.37. The number of furan rings is 1. The molecular formula is C17H16ClN3O3. The summed E-state index contributed by atoms with van der Waals surface area (Å²) in [5.41, 5.74) is 1.69. The zero-order chi connectivity index (χ0) is 16.5. The molecule has 1 aromatic carbocycles. The number of morpholine rings is 1. The van der Waals surface area contributed by atoms with E-state index >= 15 is 0 Å². The number of halogens is 1. The molecule has 1 aliphatic rings. The van der Waals surface area contributed by atoms with Crippen LogP contribution in [0.1, 0.15) is 0 Å². The van der Waals surface area contributed by atoms with Crippen molar-refractivity contribution in [2.45, 2.75) is 0 Å². The molecule has 6 nitrogen and oxygen atoms in total. The molecule has 1 aliphatic heterocycles. The molecular weight excluding hydrogens is 330 g/mol. The summed E-state index contributed by atoms with van der Waals surface area (Å²) in [7, 11) is 1.57. The largest absolute Gasteiger partial charge is 0.468 e. The molecule has 0 atom stereocenters. The molecule has 1 saturated heterocycles. The highest BCUT2D eigenvalue weighted by Gasteiger charge is 2.17. The summed E-state index contributed by atoms with van der Waals surface area (Å²) in [6.07, 6.45) is 0. The Labute approximate surface area is 144 Å². The summed E-state index contributed by atoms with van der Waals surface area (Å²) >= 11 is 6.14. The lowest BCUT2D eigenvalue weighted by molar-refractivity contribution is 0.122. The van der Waals surface area contributed by atoms with Gasteiger partial charge in [0.1, 0.15) is 11.6 Å². The van der Waals surface area contributed by atoms with Gasteiger partial charge in [-0.2, -0.15) is 4.98 Å². The third-order valence-electron chi connectivity index (χ3n) is 4.03. The maximum Gasteiger partial charge on any atom is 0.284 e. The third-order valence-corrected chi connectivity index (χ3v) is 4.20. The van der Waals surface area contributed by atoms with Crippen LogP contribution in [0.2, 0.25) is 5.28 Å². The van der Waals surface area contributed by atoms with E-state index in [9.17, 15) is 0 Å². The molecule has 0 aliphatic carbocycles. The van der Waals surface area contributed by atoms with Crippen molar-refractivity contribution in [1.82, 2.24) is 9.97 Å². The fourth-order valence-electron chi connectivity index (χ4n) is 2.84. The van der Waals surface area contributed by atoms with E-state index in [0.717, 1.165) is 41.1 Å². The minimum Gasteiger partial charge on any atom is -0.468 e. The number of aromatic nitrogens is 2. The van der Waals surface area contributed by atoms with Gasteiger partial charge in [0.25, 0.3) is 5.95 Å². The maximum atomic E-state index is 6.14. The van der Waals surface area contributed by atoms with Crippen LogP contribution in [-0.4, -0.2) is 43.4 Å². The van der Waals surface area contributed by atoms with Crippen molar-refractivity contribution in [3.05, 3.63) is 35.6 Å². The Kier molecular flexibility index (Phi) is 4.00. The van der Waals surface area contributed by atoms with Crippen molar-refractivity contribution < 1.29 is 13.9 Å². The number of ether oxygens (including phenoxy) is 2. The maximum absolute atomic E-state index is 6.14. The zero-order valence-corrected chi connectivity index (χ0v) is 13.9. The predicted octanol–water partition coefficient (Wildman–Crippen LogP) is 3.39. The first-order valence-electron chi connectivity index (χ1n) is 7.69. The molecule has 7 heteroatoms. The monoisotopic (exact) mass is 345 g/mol. The van der Waals surface area contributed by atoms with Gasteiger partial charge in [-0.25, -0.2) is 4.98 Å². The molecule has 0 radical (unpaired) electrons. The molecule has 4 rings (SSSR count). The van der Waals surface area contributed by atoms with Crippen LogP contribution in [0.3, 0.4) is 0 Å². The van der Waals surface area contributed by atoms with Crippen LogP contribution in [0.15, 0.2) is 34.7 Å². The Balaban J connectivity index is 1.79. The first kappa shape index (κ1) is 15.2. The number of methoxy groups -OCH3 is 1. The van der Waals surface area contributed by atoms with E-state index in [1.165, 1.54) is 0 Å². The van der Waals surface area contributed by atoms with Crippen molar-refractivity contribution in [3.8, 4) is 17.3 Å². The van der Waals surface area contributed by atoms with Gasteiger partial charge in [-0.3, -0.25) is 0 Å². The van der Waals surface area contributed by atoms with E-state index in [4.69, 9.17) is 25.5 Å². The van der Waals surface area contributed by atoms with Gasteiger partial charge in [0.05, 0.1) is 25.8 Å². The van der Waals surface area contributed by atoms with Gasteiger partial charge >= 0.3 is 0 Å². The Hall–Kier alpha value is -2.31. The Morgan fingerprint density at radius 2 is 1.96 bits per heavy atom. The Bertz CT molecular complexity index is 875. The van der Waals surface area contributed by atoms with Crippen LogP contribution >= 0.6 is 11.6 Å². The minimum absolute atomic E-state index is 0.234. The second kappa shape index (κ2) is 6.30. The van der Waals surface area contributed by atoms with Crippen molar-refractivity contribution >= 4 is 28.3 Å². The molecule has 3 aromatic rings. The van der Waals surface area contributed by atoms with Crippen molar-refractivity contribution in [2.75, 3.05) is 38.3 Å². The molecule has 0 bridgehead atoms. The highest BCUT2D eigenvalue weighted by Crippen LogP contribution is 2.32. The summed E-state index contributed by atoms with van der Waals surface area (Å²) in [6, 6.07) is 9.59. The second-order valence-electron chi connectivity index (χ2n) is 5.47. The van der Waals surface area contributed by atoms with Crippen LogP contribution in [0, 0.1) is 0 Å². The topological polar surface area (TPSA) is 60.6 Å². The summed E-state index contributed by atoms with van der Waals surface area (Å²) in [5, 5.41) is 1.20. The summed E-state index contributed by atoms with van der Waals surface area (Å²) < 4.78 is 16.1. The molecule has 124 valence electrons. The third kappa shape index (κ3) is 2.79. The van der Waals surface area contributed by atoms with E-state index in [2.05, 4.69) is 14.9 Å². The van der Waals surface area contributed by atoms with E-state index in [1.54, 1.807) is 13.2 Å². The normalized spacial score (nSPS) is 15.0. The molecule has 1 fully saturated rings. The number of rotatable bonds is 3. The Morgan fingerprint density at radius 3 is 2.71 bits per heavy atom. The van der Waals surface area contributed by atoms with Gasteiger partial charge in [-0.1, -0.05) is 6.07 Å². The number of nitrogens with zero attached hydrogens (tertiary/aromatic N) is 3. The van der Waals surface area contributed by atoms with E-state index in [1.807, 2.05) is 24.3 Å². The van der Waals surface area contributed by atoms with Gasteiger partial charge in [0.2, 0.25) is 5.28 Å².